The molecule has 4 nitrogen and oxygen atoms in total. The lowest BCUT2D eigenvalue weighted by molar-refractivity contribution is -0.0327. The number of rotatable bonds is 6. The highest BCUT2D eigenvalue weighted by molar-refractivity contribution is 8.00. The van der Waals surface area contributed by atoms with Gasteiger partial charge < -0.3 is 9.88 Å². The van der Waals surface area contributed by atoms with Crippen LogP contribution in [0, 0.1) is 0 Å². The van der Waals surface area contributed by atoms with Crippen LogP contribution < -0.4 is 5.32 Å². The highest BCUT2D eigenvalue weighted by atomic mass is 32.2. The lowest BCUT2D eigenvalue weighted by atomic mass is 10.4. The molecule has 0 atom stereocenters. The first-order valence-corrected chi connectivity index (χ1v) is 5.72. The second kappa shape index (κ2) is 6.09. The first-order valence-electron chi connectivity index (χ1n) is 4.73. The fourth-order valence-electron chi connectivity index (χ4n) is 1.10. The summed E-state index contributed by atoms with van der Waals surface area (Å²) in [5.41, 5.74) is -4.13. The number of hydrogen-bond donors (Lipinski definition) is 1. The minimum absolute atomic E-state index is 0.0110. The molecule has 0 unspecified atom stereocenters. The maximum atomic E-state index is 11.8. The van der Waals surface area contributed by atoms with Crippen molar-refractivity contribution in [3.05, 3.63) is 12.2 Å². The van der Waals surface area contributed by atoms with Gasteiger partial charge in [0.25, 0.3) is 0 Å². The Labute approximate surface area is 95.6 Å². The molecule has 1 heterocycles. The van der Waals surface area contributed by atoms with Gasteiger partial charge in [0.2, 0.25) is 0 Å². The van der Waals surface area contributed by atoms with Crippen molar-refractivity contribution >= 4 is 11.8 Å². The third-order valence-corrected chi connectivity index (χ3v) is 2.61. The zero-order valence-electron chi connectivity index (χ0n) is 8.79. The molecular weight excluding hydrogens is 241 g/mol. The Morgan fingerprint density at radius 3 is 2.75 bits per heavy atom. The van der Waals surface area contributed by atoms with Gasteiger partial charge in [0, 0.05) is 32.3 Å². The summed E-state index contributed by atoms with van der Waals surface area (Å²) < 4.78 is 37.0. The molecule has 1 aromatic heterocycles. The van der Waals surface area contributed by atoms with Crippen LogP contribution in [0.5, 0.6) is 0 Å². The summed E-state index contributed by atoms with van der Waals surface area (Å²) in [5.74, 6) is 0.846. The molecule has 8 heteroatoms. The topological polar surface area (TPSA) is 42.7 Å². The Morgan fingerprint density at radius 2 is 2.19 bits per heavy atom. The number of halogens is 3. The van der Waals surface area contributed by atoms with Gasteiger partial charge in [-0.25, -0.2) is 0 Å². The van der Waals surface area contributed by atoms with E-state index in [-0.39, 0.29) is 17.5 Å². The van der Waals surface area contributed by atoms with Gasteiger partial charge in [0.1, 0.15) is 12.2 Å². The van der Waals surface area contributed by atoms with Gasteiger partial charge in [0.15, 0.2) is 0 Å². The number of aromatic nitrogens is 3. The Kier molecular flexibility index (Phi) is 5.07. The van der Waals surface area contributed by atoms with Crippen LogP contribution in [0.2, 0.25) is 0 Å². The van der Waals surface area contributed by atoms with Crippen LogP contribution in [0.15, 0.2) is 6.33 Å². The number of nitrogens with zero attached hydrogens (tertiary/aromatic N) is 3. The van der Waals surface area contributed by atoms with Crippen LogP contribution in [-0.4, -0.2) is 39.1 Å². The maximum absolute atomic E-state index is 11.8. The molecule has 16 heavy (non-hydrogen) atoms. The zero-order valence-corrected chi connectivity index (χ0v) is 9.61. The van der Waals surface area contributed by atoms with Crippen LogP contribution in [-0.2, 0) is 13.5 Å². The van der Waals surface area contributed by atoms with E-state index in [2.05, 4.69) is 15.5 Å². The highest BCUT2D eigenvalue weighted by Gasteiger charge is 2.27. The van der Waals surface area contributed by atoms with Gasteiger partial charge in [-0.2, -0.15) is 13.2 Å². The Morgan fingerprint density at radius 1 is 1.44 bits per heavy atom. The van der Waals surface area contributed by atoms with Crippen LogP contribution in [0.25, 0.3) is 0 Å². The molecule has 0 fully saturated rings. The van der Waals surface area contributed by atoms with Gasteiger partial charge >= 0.3 is 5.51 Å². The fourth-order valence-corrected chi connectivity index (χ4v) is 1.58. The van der Waals surface area contributed by atoms with E-state index in [1.165, 1.54) is 0 Å². The van der Waals surface area contributed by atoms with Crippen molar-refractivity contribution < 1.29 is 13.2 Å². The number of alkyl halides is 3. The standard InChI is InChI=1S/C8H13F3N4S/c1-15-6-13-14-7(15)2-3-12-4-5-16-8(9,10)11/h6,12H,2-5H2,1H3. The average Bonchev–Trinajstić information content (AvgIpc) is 2.56. The molecule has 0 aliphatic heterocycles. The van der Waals surface area contributed by atoms with Crippen molar-refractivity contribution in [3.63, 3.8) is 0 Å². The predicted octanol–water partition coefficient (Wildman–Crippen LogP) is 1.20. The Balaban J connectivity index is 2.03. The van der Waals surface area contributed by atoms with Gasteiger partial charge in [0.05, 0.1) is 0 Å². The molecular formula is C8H13F3N4S. The summed E-state index contributed by atoms with van der Waals surface area (Å²) >= 11 is -0.0110. The lowest BCUT2D eigenvalue weighted by Crippen LogP contribution is -2.22. The molecule has 0 aliphatic rings. The summed E-state index contributed by atoms with van der Waals surface area (Å²) in [6.45, 7) is 0.937. The summed E-state index contributed by atoms with van der Waals surface area (Å²) in [5, 5.41) is 10.5. The van der Waals surface area contributed by atoms with Gasteiger partial charge in [-0.3, -0.25) is 0 Å². The van der Waals surface area contributed by atoms with Crippen LogP contribution in [0.4, 0.5) is 13.2 Å². The summed E-state index contributed by atoms with van der Waals surface area (Å²) in [6.07, 6.45) is 2.25. The van der Waals surface area contributed by atoms with Gasteiger partial charge in [-0.1, -0.05) is 0 Å². The molecule has 1 aromatic rings. The second-order valence-corrected chi connectivity index (χ2v) is 4.31. The molecule has 0 saturated heterocycles. The number of nitrogens with one attached hydrogen (secondary N) is 1. The molecule has 0 spiro atoms. The zero-order chi connectivity index (χ0) is 12.0. The fraction of sp³-hybridized carbons (Fsp3) is 0.750. The van der Waals surface area contributed by atoms with E-state index in [1.54, 1.807) is 10.9 Å². The molecule has 0 saturated carbocycles. The van der Waals surface area contributed by atoms with E-state index >= 15 is 0 Å². The third-order valence-electron chi connectivity index (χ3n) is 1.88. The summed E-state index contributed by atoms with van der Waals surface area (Å²) in [4.78, 5) is 0. The largest absolute Gasteiger partial charge is 0.441 e. The van der Waals surface area contributed by atoms with E-state index in [4.69, 9.17) is 0 Å². The van der Waals surface area contributed by atoms with Crippen molar-refractivity contribution in [2.75, 3.05) is 18.8 Å². The van der Waals surface area contributed by atoms with Crippen molar-refractivity contribution in [1.82, 2.24) is 20.1 Å². The predicted molar refractivity (Wildman–Crippen MR) is 56.1 cm³/mol. The molecule has 0 radical (unpaired) electrons. The smallest absolute Gasteiger partial charge is 0.321 e. The average molecular weight is 254 g/mol. The summed E-state index contributed by atoms with van der Waals surface area (Å²) in [6, 6.07) is 0. The molecule has 1 rings (SSSR count). The Bertz CT molecular complexity index is 312. The van der Waals surface area contributed by atoms with Crippen molar-refractivity contribution in [1.29, 1.82) is 0 Å². The van der Waals surface area contributed by atoms with Crippen LogP contribution in [0.3, 0.4) is 0 Å². The van der Waals surface area contributed by atoms with Crippen molar-refractivity contribution in [2.45, 2.75) is 11.9 Å². The second-order valence-electron chi connectivity index (χ2n) is 3.15. The molecule has 0 aliphatic carbocycles. The quantitative estimate of drug-likeness (QED) is 0.775. The van der Waals surface area contributed by atoms with E-state index in [9.17, 15) is 13.2 Å². The minimum atomic E-state index is -4.13. The van der Waals surface area contributed by atoms with E-state index in [0.29, 0.717) is 19.5 Å². The normalized spacial score (nSPS) is 12.0. The van der Waals surface area contributed by atoms with Crippen LogP contribution >= 0.6 is 11.8 Å². The molecule has 0 amide bonds. The molecule has 0 aromatic carbocycles. The minimum Gasteiger partial charge on any atom is -0.321 e. The van der Waals surface area contributed by atoms with Crippen LogP contribution in [0.1, 0.15) is 5.82 Å². The van der Waals surface area contributed by atoms with Crippen molar-refractivity contribution in [2.24, 2.45) is 7.05 Å². The lowest BCUT2D eigenvalue weighted by Gasteiger charge is -2.06. The first kappa shape index (κ1) is 13.3. The molecule has 92 valence electrons. The highest BCUT2D eigenvalue weighted by Crippen LogP contribution is 2.29. The third kappa shape index (κ3) is 5.36. The number of hydrogen-bond acceptors (Lipinski definition) is 4. The maximum Gasteiger partial charge on any atom is 0.441 e. The Hall–Kier alpha value is -0.760. The van der Waals surface area contributed by atoms with Gasteiger partial charge in [-0.15, -0.1) is 10.2 Å². The van der Waals surface area contributed by atoms with Crippen molar-refractivity contribution in [3.8, 4) is 0 Å². The SMILES string of the molecule is Cn1cnnc1CCNCCSC(F)(F)F. The van der Waals surface area contributed by atoms with E-state index < -0.39 is 5.51 Å². The first-order chi connectivity index (χ1) is 7.49. The number of thioether (sulfide) groups is 1. The molecule has 1 N–H and O–H groups in total. The monoisotopic (exact) mass is 254 g/mol. The number of aryl methyl sites for hydroxylation is 1. The molecule has 0 bridgehead atoms. The van der Waals surface area contributed by atoms with Gasteiger partial charge in [-0.05, 0) is 11.8 Å². The summed E-state index contributed by atoms with van der Waals surface area (Å²) in [7, 11) is 1.83. The van der Waals surface area contributed by atoms with E-state index in [1.807, 2.05) is 7.05 Å². The van der Waals surface area contributed by atoms with E-state index in [0.717, 1.165) is 5.82 Å².